The second kappa shape index (κ2) is 6.47. The first-order chi connectivity index (χ1) is 10.1. The number of hydrogen-bond donors (Lipinski definition) is 0. The predicted molar refractivity (Wildman–Crippen MR) is 79.8 cm³/mol. The topological polar surface area (TPSA) is 69.4 Å². The van der Waals surface area contributed by atoms with Crippen molar-refractivity contribution in [2.75, 3.05) is 0 Å². The molecule has 0 heterocycles. The normalized spacial score (nSPS) is 10.5. The molecule has 0 aliphatic heterocycles. The fraction of sp³-hybridized carbons (Fsp3) is 0.0625. The van der Waals surface area contributed by atoms with Crippen LogP contribution in [0.4, 0.5) is 5.69 Å². The molecule has 0 aromatic heterocycles. The second-order valence-corrected chi connectivity index (χ2v) is 4.31. The number of rotatable bonds is 4. The van der Waals surface area contributed by atoms with Gasteiger partial charge in [-0.25, -0.2) is 0 Å². The largest absolute Gasteiger partial charge is 0.427 e. The van der Waals surface area contributed by atoms with E-state index in [4.69, 9.17) is 4.74 Å². The molecule has 0 N–H and O–H groups in total. The van der Waals surface area contributed by atoms with Gasteiger partial charge in [0.05, 0.1) is 10.5 Å². The lowest BCUT2D eigenvalue weighted by molar-refractivity contribution is -0.385. The van der Waals surface area contributed by atoms with Gasteiger partial charge in [-0.05, 0) is 29.8 Å². The third-order valence-corrected chi connectivity index (χ3v) is 2.73. The third-order valence-electron chi connectivity index (χ3n) is 2.73. The van der Waals surface area contributed by atoms with Crippen LogP contribution < -0.4 is 4.74 Å². The van der Waals surface area contributed by atoms with Crippen molar-refractivity contribution in [3.05, 3.63) is 69.8 Å². The Morgan fingerprint density at radius 3 is 2.38 bits per heavy atom. The Bertz CT molecular complexity index is 690. The van der Waals surface area contributed by atoms with E-state index in [0.29, 0.717) is 11.3 Å². The van der Waals surface area contributed by atoms with Crippen molar-refractivity contribution in [1.29, 1.82) is 0 Å². The minimum Gasteiger partial charge on any atom is -0.427 e. The van der Waals surface area contributed by atoms with Crippen molar-refractivity contribution in [2.45, 2.75) is 6.92 Å². The molecular formula is C16H13NO4. The first-order valence-electron chi connectivity index (χ1n) is 6.26. The summed E-state index contributed by atoms with van der Waals surface area (Å²) >= 11 is 0. The van der Waals surface area contributed by atoms with Crippen molar-refractivity contribution >= 4 is 23.8 Å². The maximum absolute atomic E-state index is 10.9. The lowest BCUT2D eigenvalue weighted by Gasteiger charge is -2.01. The summed E-state index contributed by atoms with van der Waals surface area (Å²) in [6.45, 7) is 1.34. The molecule has 5 heteroatoms. The van der Waals surface area contributed by atoms with Gasteiger partial charge in [-0.2, -0.15) is 0 Å². The zero-order chi connectivity index (χ0) is 15.2. The standard InChI is InChI=1S/C16H13NO4/c1-12(18)21-15-10-7-13(8-11-15)6-9-14-4-2-3-5-16(14)17(19)20/h2-11H,1H3. The third kappa shape index (κ3) is 4.01. The molecule has 2 aromatic carbocycles. The number of nitro groups is 1. The zero-order valence-corrected chi connectivity index (χ0v) is 11.4. The summed E-state index contributed by atoms with van der Waals surface area (Å²) in [5, 5.41) is 10.9. The number of esters is 1. The first-order valence-corrected chi connectivity index (χ1v) is 6.26. The average Bonchev–Trinajstić information content (AvgIpc) is 2.46. The number of carbonyl (C=O) groups is 1. The number of ether oxygens (including phenoxy) is 1. The summed E-state index contributed by atoms with van der Waals surface area (Å²) < 4.78 is 4.93. The van der Waals surface area contributed by atoms with E-state index in [1.165, 1.54) is 13.0 Å². The summed E-state index contributed by atoms with van der Waals surface area (Å²) in [7, 11) is 0. The summed E-state index contributed by atoms with van der Waals surface area (Å²) in [5.41, 5.74) is 1.45. The van der Waals surface area contributed by atoms with E-state index >= 15 is 0 Å². The van der Waals surface area contributed by atoms with E-state index in [1.54, 1.807) is 54.6 Å². The van der Waals surface area contributed by atoms with Crippen LogP contribution in [0, 0.1) is 10.1 Å². The predicted octanol–water partition coefficient (Wildman–Crippen LogP) is 3.69. The van der Waals surface area contributed by atoms with Crippen LogP contribution in [0.3, 0.4) is 0 Å². The number of carbonyl (C=O) groups excluding carboxylic acids is 1. The van der Waals surface area contributed by atoms with Crippen molar-refractivity contribution < 1.29 is 14.5 Å². The van der Waals surface area contributed by atoms with Gasteiger partial charge in [-0.3, -0.25) is 14.9 Å². The molecule has 2 aromatic rings. The number of nitro benzene ring substituents is 1. The van der Waals surface area contributed by atoms with Crippen LogP contribution in [-0.4, -0.2) is 10.9 Å². The molecule has 0 spiro atoms. The summed E-state index contributed by atoms with van der Waals surface area (Å²) in [5.74, 6) is 0.0866. The SMILES string of the molecule is CC(=O)Oc1ccc(C=Cc2ccccc2[N+](=O)[O-])cc1. The van der Waals surface area contributed by atoms with Gasteiger partial charge < -0.3 is 4.74 Å². The summed E-state index contributed by atoms with van der Waals surface area (Å²) in [6, 6.07) is 13.4. The van der Waals surface area contributed by atoms with Gasteiger partial charge in [0.2, 0.25) is 0 Å². The van der Waals surface area contributed by atoms with Crippen molar-refractivity contribution in [3.8, 4) is 5.75 Å². The van der Waals surface area contributed by atoms with Crippen LogP contribution in [0.5, 0.6) is 5.75 Å². The molecule has 0 saturated carbocycles. The van der Waals surface area contributed by atoms with Gasteiger partial charge >= 0.3 is 5.97 Å². The molecule has 0 radical (unpaired) electrons. The minimum absolute atomic E-state index is 0.0604. The van der Waals surface area contributed by atoms with Crippen molar-refractivity contribution in [2.24, 2.45) is 0 Å². The first kappa shape index (κ1) is 14.5. The van der Waals surface area contributed by atoms with E-state index in [1.807, 2.05) is 0 Å². The monoisotopic (exact) mass is 283 g/mol. The lowest BCUT2D eigenvalue weighted by Crippen LogP contribution is -2.00. The van der Waals surface area contributed by atoms with Crippen LogP contribution in [0.25, 0.3) is 12.2 Å². The minimum atomic E-state index is -0.413. The van der Waals surface area contributed by atoms with Crippen molar-refractivity contribution in [3.63, 3.8) is 0 Å². The molecule has 0 bridgehead atoms. The lowest BCUT2D eigenvalue weighted by atomic mass is 10.1. The molecule has 0 unspecified atom stereocenters. The Kier molecular flexibility index (Phi) is 4.46. The summed E-state index contributed by atoms with van der Waals surface area (Å²) in [4.78, 5) is 21.3. The Morgan fingerprint density at radius 1 is 1.10 bits per heavy atom. The second-order valence-electron chi connectivity index (χ2n) is 4.31. The molecule has 2 rings (SSSR count). The molecular weight excluding hydrogens is 270 g/mol. The van der Waals surface area contributed by atoms with Crippen LogP contribution in [0.1, 0.15) is 18.1 Å². The fourth-order valence-electron chi connectivity index (χ4n) is 1.79. The van der Waals surface area contributed by atoms with Gasteiger partial charge in [0, 0.05) is 13.0 Å². The number of benzene rings is 2. The van der Waals surface area contributed by atoms with Crippen molar-refractivity contribution in [1.82, 2.24) is 0 Å². The molecule has 0 saturated heterocycles. The smallest absolute Gasteiger partial charge is 0.308 e. The van der Waals surface area contributed by atoms with E-state index < -0.39 is 4.92 Å². The highest BCUT2D eigenvalue weighted by Gasteiger charge is 2.08. The Hall–Kier alpha value is -2.95. The van der Waals surface area contributed by atoms with Crippen LogP contribution in [0.15, 0.2) is 48.5 Å². The fourth-order valence-corrected chi connectivity index (χ4v) is 1.79. The Balaban J connectivity index is 2.18. The molecule has 21 heavy (non-hydrogen) atoms. The number of hydrogen-bond acceptors (Lipinski definition) is 4. The van der Waals surface area contributed by atoms with E-state index in [2.05, 4.69) is 0 Å². The van der Waals surface area contributed by atoms with E-state index in [9.17, 15) is 14.9 Å². The van der Waals surface area contributed by atoms with E-state index in [-0.39, 0.29) is 11.7 Å². The van der Waals surface area contributed by atoms with Crippen LogP contribution in [-0.2, 0) is 4.79 Å². The summed E-state index contributed by atoms with van der Waals surface area (Å²) in [6.07, 6.45) is 3.44. The zero-order valence-electron chi connectivity index (χ0n) is 11.4. The Morgan fingerprint density at radius 2 is 1.76 bits per heavy atom. The van der Waals surface area contributed by atoms with Gasteiger partial charge in [0.15, 0.2) is 0 Å². The maximum atomic E-state index is 10.9. The molecule has 0 fully saturated rings. The van der Waals surface area contributed by atoms with Crippen LogP contribution >= 0.6 is 0 Å². The number of nitrogens with zero attached hydrogens (tertiary/aromatic N) is 1. The quantitative estimate of drug-likeness (QED) is 0.282. The molecule has 0 amide bonds. The van der Waals surface area contributed by atoms with Crippen LogP contribution in [0.2, 0.25) is 0 Å². The molecule has 0 aliphatic carbocycles. The number of para-hydroxylation sites is 1. The Labute approximate surface area is 121 Å². The van der Waals surface area contributed by atoms with E-state index in [0.717, 1.165) is 5.56 Å². The van der Waals surface area contributed by atoms with Gasteiger partial charge in [0.1, 0.15) is 5.75 Å². The van der Waals surface area contributed by atoms with Gasteiger partial charge in [-0.1, -0.05) is 30.3 Å². The maximum Gasteiger partial charge on any atom is 0.308 e. The van der Waals surface area contributed by atoms with Gasteiger partial charge in [-0.15, -0.1) is 0 Å². The van der Waals surface area contributed by atoms with Gasteiger partial charge in [0.25, 0.3) is 5.69 Å². The molecule has 5 nitrogen and oxygen atoms in total. The highest BCUT2D eigenvalue weighted by Crippen LogP contribution is 2.21. The average molecular weight is 283 g/mol. The molecule has 106 valence electrons. The molecule has 0 atom stereocenters. The molecule has 0 aliphatic rings. The highest BCUT2D eigenvalue weighted by molar-refractivity contribution is 5.74. The highest BCUT2D eigenvalue weighted by atomic mass is 16.6.